The number of nitrogens with two attached hydrogens (primary N) is 1. The number of unbranched alkanes of at least 4 members (excludes halogenated alkanes) is 1. The highest BCUT2D eigenvalue weighted by atomic mass is 32.2. The number of rotatable bonds is 8. The Kier molecular flexibility index (Phi) is 6.63. The first kappa shape index (κ1) is 21.7. The molecule has 3 N–H and O–H groups in total. The molecule has 0 unspecified atom stereocenters. The minimum atomic E-state index is -3.73. The standard InChI is InChI=1S/C21H24N4O4S/c1-2-3-14-25-21(27)18-7-5-4-6-17(18)19(24-25)20(26)23-13-12-15-8-10-16(11-9-15)30(22,28)29/h4-11H,2-3,12-14H2,1H3,(H,23,26)(H2,22,28,29). The van der Waals surface area contributed by atoms with E-state index in [-0.39, 0.29) is 22.1 Å². The molecule has 0 saturated heterocycles. The number of carbonyl (C=O) groups is 1. The molecule has 8 nitrogen and oxygen atoms in total. The molecule has 0 bridgehead atoms. The number of aryl methyl sites for hydroxylation is 1. The molecule has 0 aliphatic heterocycles. The minimum Gasteiger partial charge on any atom is -0.350 e. The third-order valence-corrected chi connectivity index (χ3v) is 5.69. The summed E-state index contributed by atoms with van der Waals surface area (Å²) < 4.78 is 24.0. The number of amides is 1. The zero-order chi connectivity index (χ0) is 21.7. The average Bonchev–Trinajstić information content (AvgIpc) is 2.73. The summed E-state index contributed by atoms with van der Waals surface area (Å²) in [6.45, 7) is 2.81. The van der Waals surface area contributed by atoms with Crippen molar-refractivity contribution in [3.05, 3.63) is 70.1 Å². The van der Waals surface area contributed by atoms with Gasteiger partial charge in [0.25, 0.3) is 11.5 Å². The van der Waals surface area contributed by atoms with Crippen LogP contribution in [0.2, 0.25) is 0 Å². The topological polar surface area (TPSA) is 124 Å². The van der Waals surface area contributed by atoms with Crippen LogP contribution in [0.15, 0.2) is 58.2 Å². The van der Waals surface area contributed by atoms with Crippen LogP contribution in [-0.4, -0.2) is 30.7 Å². The highest BCUT2D eigenvalue weighted by Gasteiger charge is 2.16. The van der Waals surface area contributed by atoms with Crippen molar-refractivity contribution < 1.29 is 13.2 Å². The van der Waals surface area contributed by atoms with Gasteiger partial charge in [-0.05, 0) is 36.6 Å². The summed E-state index contributed by atoms with van der Waals surface area (Å²) in [4.78, 5) is 25.5. The normalized spacial score (nSPS) is 11.5. The molecule has 0 atom stereocenters. The largest absolute Gasteiger partial charge is 0.350 e. The Morgan fingerprint density at radius 2 is 1.77 bits per heavy atom. The summed E-state index contributed by atoms with van der Waals surface area (Å²) in [5.74, 6) is -0.363. The lowest BCUT2D eigenvalue weighted by Gasteiger charge is -2.11. The van der Waals surface area contributed by atoms with E-state index >= 15 is 0 Å². The van der Waals surface area contributed by atoms with Crippen LogP contribution < -0.4 is 16.0 Å². The Labute approximate surface area is 174 Å². The number of nitrogens with zero attached hydrogens (tertiary/aromatic N) is 2. The number of aromatic nitrogens is 2. The Hall–Kier alpha value is -3.04. The monoisotopic (exact) mass is 428 g/mol. The van der Waals surface area contributed by atoms with Gasteiger partial charge in [-0.25, -0.2) is 18.2 Å². The summed E-state index contributed by atoms with van der Waals surface area (Å²) in [5.41, 5.74) is 0.866. The molecule has 1 amide bonds. The second-order valence-corrected chi connectivity index (χ2v) is 8.53. The second-order valence-electron chi connectivity index (χ2n) is 6.97. The minimum absolute atomic E-state index is 0.0419. The highest BCUT2D eigenvalue weighted by molar-refractivity contribution is 7.89. The zero-order valence-electron chi connectivity index (χ0n) is 16.7. The van der Waals surface area contributed by atoms with E-state index in [1.807, 2.05) is 6.92 Å². The molecular weight excluding hydrogens is 404 g/mol. The third-order valence-electron chi connectivity index (χ3n) is 4.76. The molecule has 0 fully saturated rings. The van der Waals surface area contributed by atoms with Crippen LogP contribution in [-0.2, 0) is 23.0 Å². The van der Waals surface area contributed by atoms with Crippen LogP contribution in [0.1, 0.15) is 35.8 Å². The van der Waals surface area contributed by atoms with Crippen LogP contribution in [0.4, 0.5) is 0 Å². The molecular formula is C21H24N4O4S. The summed E-state index contributed by atoms with van der Waals surface area (Å²) in [7, 11) is -3.73. The van der Waals surface area contributed by atoms with Crippen molar-refractivity contribution in [3.63, 3.8) is 0 Å². The number of carbonyl (C=O) groups excluding carboxylic acids is 1. The van der Waals surface area contributed by atoms with Gasteiger partial charge < -0.3 is 5.32 Å². The van der Waals surface area contributed by atoms with Crippen molar-refractivity contribution in [2.75, 3.05) is 6.54 Å². The van der Waals surface area contributed by atoms with Gasteiger partial charge in [-0.2, -0.15) is 5.10 Å². The molecule has 0 spiro atoms. The summed E-state index contributed by atoms with van der Waals surface area (Å²) >= 11 is 0. The first-order chi connectivity index (χ1) is 14.3. The SMILES string of the molecule is CCCCn1nc(C(=O)NCCc2ccc(S(N)(=O)=O)cc2)c2ccccc2c1=O. The third kappa shape index (κ3) is 4.92. The highest BCUT2D eigenvalue weighted by Crippen LogP contribution is 2.14. The molecule has 3 aromatic rings. The number of sulfonamides is 1. The predicted octanol–water partition coefficient (Wildman–Crippen LogP) is 1.82. The van der Waals surface area contributed by atoms with Gasteiger partial charge in [-0.15, -0.1) is 0 Å². The van der Waals surface area contributed by atoms with E-state index in [2.05, 4.69) is 10.4 Å². The van der Waals surface area contributed by atoms with Gasteiger partial charge in [0, 0.05) is 18.5 Å². The molecule has 158 valence electrons. The molecule has 30 heavy (non-hydrogen) atoms. The number of benzene rings is 2. The van der Waals surface area contributed by atoms with Gasteiger partial charge in [0.1, 0.15) is 0 Å². The average molecular weight is 429 g/mol. The van der Waals surface area contributed by atoms with Crippen LogP contribution >= 0.6 is 0 Å². The molecule has 1 aromatic heterocycles. The van der Waals surface area contributed by atoms with Gasteiger partial charge >= 0.3 is 0 Å². The predicted molar refractivity (Wildman–Crippen MR) is 115 cm³/mol. The lowest BCUT2D eigenvalue weighted by molar-refractivity contribution is 0.0948. The quantitative estimate of drug-likeness (QED) is 0.566. The van der Waals surface area contributed by atoms with Crippen molar-refractivity contribution >= 4 is 26.7 Å². The maximum Gasteiger partial charge on any atom is 0.274 e. The fourth-order valence-electron chi connectivity index (χ4n) is 3.11. The van der Waals surface area contributed by atoms with E-state index in [0.29, 0.717) is 30.3 Å². The first-order valence-corrected chi connectivity index (χ1v) is 11.3. The fraction of sp³-hybridized carbons (Fsp3) is 0.286. The number of fused-ring (bicyclic) bond motifs is 1. The zero-order valence-corrected chi connectivity index (χ0v) is 17.5. The second kappa shape index (κ2) is 9.19. The lowest BCUT2D eigenvalue weighted by Crippen LogP contribution is -2.31. The number of nitrogens with one attached hydrogen (secondary N) is 1. The smallest absolute Gasteiger partial charge is 0.274 e. The van der Waals surface area contributed by atoms with E-state index in [1.165, 1.54) is 16.8 Å². The van der Waals surface area contributed by atoms with Crippen LogP contribution in [0.5, 0.6) is 0 Å². The van der Waals surface area contributed by atoms with E-state index in [4.69, 9.17) is 5.14 Å². The molecule has 3 rings (SSSR count). The van der Waals surface area contributed by atoms with Crippen molar-refractivity contribution in [3.8, 4) is 0 Å². The first-order valence-electron chi connectivity index (χ1n) is 9.71. The lowest BCUT2D eigenvalue weighted by atomic mass is 10.1. The number of primary sulfonamides is 1. The van der Waals surface area contributed by atoms with Crippen molar-refractivity contribution in [2.45, 2.75) is 37.6 Å². The fourth-order valence-corrected chi connectivity index (χ4v) is 3.63. The molecule has 2 aromatic carbocycles. The van der Waals surface area contributed by atoms with E-state index < -0.39 is 10.0 Å². The maximum atomic E-state index is 12.8. The van der Waals surface area contributed by atoms with E-state index in [9.17, 15) is 18.0 Å². The Bertz CT molecular complexity index is 1220. The molecule has 0 aliphatic carbocycles. The van der Waals surface area contributed by atoms with Crippen LogP contribution in [0.25, 0.3) is 10.8 Å². The Balaban J connectivity index is 1.76. The summed E-state index contributed by atoms with van der Waals surface area (Å²) in [5, 5.41) is 13.2. The number of hydrogen-bond donors (Lipinski definition) is 2. The van der Waals surface area contributed by atoms with Crippen molar-refractivity contribution in [1.29, 1.82) is 0 Å². The molecule has 0 radical (unpaired) electrons. The Morgan fingerprint density at radius 1 is 1.10 bits per heavy atom. The Morgan fingerprint density at radius 3 is 2.40 bits per heavy atom. The maximum absolute atomic E-state index is 12.8. The van der Waals surface area contributed by atoms with Gasteiger partial charge in [0.05, 0.1) is 10.3 Å². The van der Waals surface area contributed by atoms with Gasteiger partial charge in [0.15, 0.2) is 5.69 Å². The van der Waals surface area contributed by atoms with Crippen LogP contribution in [0.3, 0.4) is 0 Å². The van der Waals surface area contributed by atoms with Crippen LogP contribution in [0, 0.1) is 0 Å². The number of hydrogen-bond acceptors (Lipinski definition) is 5. The van der Waals surface area contributed by atoms with Gasteiger partial charge in [-0.1, -0.05) is 43.7 Å². The summed E-state index contributed by atoms with van der Waals surface area (Å²) in [6.07, 6.45) is 2.21. The van der Waals surface area contributed by atoms with E-state index in [0.717, 1.165) is 18.4 Å². The van der Waals surface area contributed by atoms with Gasteiger partial charge in [-0.3, -0.25) is 9.59 Å². The van der Waals surface area contributed by atoms with Crippen molar-refractivity contribution in [2.24, 2.45) is 5.14 Å². The molecule has 0 aliphatic rings. The van der Waals surface area contributed by atoms with Gasteiger partial charge in [0.2, 0.25) is 10.0 Å². The molecule has 1 heterocycles. The van der Waals surface area contributed by atoms with E-state index in [1.54, 1.807) is 36.4 Å². The summed E-state index contributed by atoms with van der Waals surface area (Å²) in [6, 6.07) is 13.1. The molecule has 0 saturated carbocycles. The molecule has 9 heteroatoms. The van der Waals surface area contributed by atoms with Crippen molar-refractivity contribution in [1.82, 2.24) is 15.1 Å².